The number of rotatable bonds is 2. The van der Waals surface area contributed by atoms with Crippen molar-refractivity contribution in [1.29, 1.82) is 0 Å². The fourth-order valence-corrected chi connectivity index (χ4v) is 1.98. The topological polar surface area (TPSA) is 71.1 Å². The second-order valence-electron chi connectivity index (χ2n) is 3.15. The number of halogens is 1. The molecule has 1 aromatic rings. The van der Waals surface area contributed by atoms with E-state index in [9.17, 15) is 14.0 Å². The quantitative estimate of drug-likeness (QED) is 0.757. The van der Waals surface area contributed by atoms with E-state index in [1.54, 1.807) is 0 Å². The average molecular weight is 241 g/mol. The van der Waals surface area contributed by atoms with Crippen LogP contribution in [-0.2, 0) is 4.79 Å². The Hall–Kier alpha value is -1.63. The SMILES string of the molecule is O=C1NC(C(=O)Nc2ccc(F)nc2)CS1. The van der Waals surface area contributed by atoms with Gasteiger partial charge in [-0.2, -0.15) is 4.39 Å². The summed E-state index contributed by atoms with van der Waals surface area (Å²) < 4.78 is 12.5. The number of amides is 2. The van der Waals surface area contributed by atoms with Gasteiger partial charge in [-0.15, -0.1) is 0 Å². The van der Waals surface area contributed by atoms with Crippen molar-refractivity contribution in [2.45, 2.75) is 6.04 Å². The Bertz CT molecular complexity index is 423. The molecule has 7 heteroatoms. The smallest absolute Gasteiger partial charge is 0.279 e. The van der Waals surface area contributed by atoms with Crippen LogP contribution in [0.1, 0.15) is 0 Å². The maximum Gasteiger partial charge on any atom is 0.279 e. The molecule has 16 heavy (non-hydrogen) atoms. The molecule has 1 aromatic heterocycles. The second kappa shape index (κ2) is 4.48. The third-order valence-electron chi connectivity index (χ3n) is 1.98. The lowest BCUT2D eigenvalue weighted by atomic mass is 10.3. The molecule has 1 atom stereocenters. The first-order valence-corrected chi connectivity index (χ1v) is 5.49. The highest BCUT2D eigenvalue weighted by atomic mass is 32.2. The highest BCUT2D eigenvalue weighted by molar-refractivity contribution is 8.14. The molecule has 0 aliphatic carbocycles. The number of hydrogen-bond acceptors (Lipinski definition) is 4. The lowest BCUT2D eigenvalue weighted by molar-refractivity contribution is -0.117. The van der Waals surface area contributed by atoms with Crippen LogP contribution in [0.15, 0.2) is 18.3 Å². The van der Waals surface area contributed by atoms with Gasteiger partial charge in [-0.3, -0.25) is 9.59 Å². The minimum absolute atomic E-state index is 0.211. The van der Waals surface area contributed by atoms with Gasteiger partial charge >= 0.3 is 0 Å². The third kappa shape index (κ3) is 2.48. The van der Waals surface area contributed by atoms with E-state index in [1.165, 1.54) is 12.3 Å². The predicted molar refractivity (Wildman–Crippen MR) is 57.6 cm³/mol. The van der Waals surface area contributed by atoms with E-state index >= 15 is 0 Å². The van der Waals surface area contributed by atoms with E-state index < -0.39 is 12.0 Å². The van der Waals surface area contributed by atoms with Crippen molar-refractivity contribution in [2.75, 3.05) is 11.1 Å². The largest absolute Gasteiger partial charge is 0.334 e. The summed E-state index contributed by atoms with van der Waals surface area (Å²) in [6.45, 7) is 0. The van der Waals surface area contributed by atoms with E-state index in [0.29, 0.717) is 11.4 Å². The van der Waals surface area contributed by atoms with Gasteiger partial charge in [0.2, 0.25) is 11.9 Å². The number of pyridine rings is 1. The van der Waals surface area contributed by atoms with Gasteiger partial charge in [0.1, 0.15) is 6.04 Å². The van der Waals surface area contributed by atoms with Gasteiger partial charge in [0, 0.05) is 5.75 Å². The van der Waals surface area contributed by atoms with Crippen molar-refractivity contribution in [2.24, 2.45) is 0 Å². The first-order chi connectivity index (χ1) is 7.65. The monoisotopic (exact) mass is 241 g/mol. The van der Waals surface area contributed by atoms with Crippen molar-refractivity contribution in [3.63, 3.8) is 0 Å². The normalized spacial score (nSPS) is 19.3. The van der Waals surface area contributed by atoms with Gasteiger partial charge in [0.15, 0.2) is 0 Å². The summed E-state index contributed by atoms with van der Waals surface area (Å²) >= 11 is 1.06. The van der Waals surface area contributed by atoms with Crippen LogP contribution in [0.2, 0.25) is 0 Å². The number of anilines is 1. The Morgan fingerprint density at radius 1 is 1.62 bits per heavy atom. The van der Waals surface area contributed by atoms with Crippen LogP contribution in [-0.4, -0.2) is 27.9 Å². The Morgan fingerprint density at radius 2 is 2.44 bits per heavy atom. The summed E-state index contributed by atoms with van der Waals surface area (Å²) in [6, 6.07) is 2.02. The van der Waals surface area contributed by atoms with Crippen LogP contribution in [0.3, 0.4) is 0 Å². The van der Waals surface area contributed by atoms with Crippen molar-refractivity contribution in [1.82, 2.24) is 10.3 Å². The number of hydrogen-bond donors (Lipinski definition) is 2. The standard InChI is InChI=1S/C9H8FN3O2S/c10-7-2-1-5(3-11-7)12-8(14)6-4-16-9(15)13-6/h1-3,6H,4H2,(H,12,14)(H,13,15). The zero-order valence-electron chi connectivity index (χ0n) is 8.07. The Kier molecular flexibility index (Phi) is 3.04. The first-order valence-electron chi connectivity index (χ1n) is 4.51. The molecule has 1 saturated heterocycles. The first kappa shape index (κ1) is 10.9. The van der Waals surface area contributed by atoms with Crippen LogP contribution < -0.4 is 10.6 Å². The fourth-order valence-electron chi connectivity index (χ4n) is 1.20. The van der Waals surface area contributed by atoms with E-state index in [4.69, 9.17) is 0 Å². The number of thioether (sulfide) groups is 1. The van der Waals surface area contributed by atoms with E-state index in [2.05, 4.69) is 15.6 Å². The molecule has 5 nitrogen and oxygen atoms in total. The highest BCUT2D eigenvalue weighted by Gasteiger charge is 2.27. The molecule has 1 aliphatic rings. The lowest BCUT2D eigenvalue weighted by Crippen LogP contribution is -2.38. The molecule has 2 N–H and O–H groups in total. The third-order valence-corrected chi connectivity index (χ3v) is 2.86. The fraction of sp³-hybridized carbons (Fsp3) is 0.222. The number of aromatic nitrogens is 1. The van der Waals surface area contributed by atoms with Gasteiger partial charge in [0.05, 0.1) is 11.9 Å². The van der Waals surface area contributed by atoms with E-state index in [1.807, 2.05) is 0 Å². The molecular weight excluding hydrogens is 233 g/mol. The molecule has 1 unspecified atom stereocenters. The van der Waals surface area contributed by atoms with Crippen LogP contribution in [0.4, 0.5) is 14.9 Å². The van der Waals surface area contributed by atoms with Crippen LogP contribution in [0, 0.1) is 5.95 Å². The van der Waals surface area contributed by atoms with E-state index in [-0.39, 0.29) is 11.1 Å². The highest BCUT2D eigenvalue weighted by Crippen LogP contribution is 2.14. The maximum absolute atomic E-state index is 12.5. The molecule has 84 valence electrons. The minimum Gasteiger partial charge on any atom is -0.334 e. The second-order valence-corrected chi connectivity index (χ2v) is 4.15. The number of nitrogens with zero attached hydrogens (tertiary/aromatic N) is 1. The molecule has 0 radical (unpaired) electrons. The van der Waals surface area contributed by atoms with Crippen molar-refractivity contribution < 1.29 is 14.0 Å². The summed E-state index contributed by atoms with van der Waals surface area (Å²) in [5, 5.41) is 4.83. The maximum atomic E-state index is 12.5. The molecule has 0 saturated carbocycles. The van der Waals surface area contributed by atoms with E-state index in [0.717, 1.165) is 17.8 Å². The summed E-state index contributed by atoms with van der Waals surface area (Å²) in [5.41, 5.74) is 0.401. The van der Waals surface area contributed by atoms with Gasteiger partial charge in [-0.1, -0.05) is 11.8 Å². The van der Waals surface area contributed by atoms with Gasteiger partial charge < -0.3 is 10.6 Å². The Labute approximate surface area is 94.8 Å². The van der Waals surface area contributed by atoms with Crippen LogP contribution in [0.5, 0.6) is 0 Å². The molecule has 1 fully saturated rings. The summed E-state index contributed by atoms with van der Waals surface area (Å²) in [4.78, 5) is 25.8. The Balaban J connectivity index is 1.97. The van der Waals surface area contributed by atoms with Gasteiger partial charge in [-0.25, -0.2) is 4.98 Å². The Morgan fingerprint density at radius 3 is 3.00 bits per heavy atom. The zero-order chi connectivity index (χ0) is 11.5. The van der Waals surface area contributed by atoms with Crippen molar-refractivity contribution in [3.05, 3.63) is 24.3 Å². The molecule has 0 spiro atoms. The molecule has 0 aromatic carbocycles. The number of carbonyl (C=O) groups excluding carboxylic acids is 2. The number of nitrogens with one attached hydrogen (secondary N) is 2. The molecular formula is C9H8FN3O2S. The van der Waals surface area contributed by atoms with Crippen molar-refractivity contribution in [3.8, 4) is 0 Å². The molecule has 2 amide bonds. The summed E-state index contributed by atoms with van der Waals surface area (Å²) in [7, 11) is 0. The molecule has 2 heterocycles. The van der Waals surface area contributed by atoms with Gasteiger partial charge in [0.25, 0.3) is 5.24 Å². The molecule has 2 rings (SSSR count). The number of carbonyl (C=O) groups is 2. The summed E-state index contributed by atoms with van der Waals surface area (Å²) in [6.07, 6.45) is 1.22. The average Bonchev–Trinajstić information content (AvgIpc) is 2.68. The lowest BCUT2D eigenvalue weighted by Gasteiger charge is -2.09. The molecule has 1 aliphatic heterocycles. The predicted octanol–water partition coefficient (Wildman–Crippen LogP) is 0.984. The van der Waals surface area contributed by atoms with Gasteiger partial charge in [-0.05, 0) is 12.1 Å². The van der Waals surface area contributed by atoms with Crippen LogP contribution >= 0.6 is 11.8 Å². The zero-order valence-corrected chi connectivity index (χ0v) is 8.88. The molecule has 0 bridgehead atoms. The van der Waals surface area contributed by atoms with Crippen LogP contribution in [0.25, 0.3) is 0 Å². The minimum atomic E-state index is -0.609. The summed E-state index contributed by atoms with van der Waals surface area (Å²) in [5.74, 6) is -0.534. The van der Waals surface area contributed by atoms with Crippen molar-refractivity contribution >= 4 is 28.6 Å².